The largest absolute Gasteiger partial charge is 0.0674 e. The minimum Gasteiger partial charge on any atom is -0.0674 e. The van der Waals surface area contributed by atoms with E-state index in [2.05, 4.69) is 32.9 Å². The molecule has 0 aliphatic carbocycles. The molecule has 0 aromatic heterocycles. The highest BCUT2D eigenvalue weighted by Crippen LogP contribution is 2.12. The molecule has 0 nitrogen and oxygen atoms in total. The number of hydrogen-bond donors (Lipinski definition) is 0. The summed E-state index contributed by atoms with van der Waals surface area (Å²) in [5.41, 5.74) is 4.67. The van der Waals surface area contributed by atoms with E-state index in [0.717, 1.165) is 0 Å². The van der Waals surface area contributed by atoms with Crippen molar-refractivity contribution in [1.29, 1.82) is 0 Å². The van der Waals surface area contributed by atoms with E-state index in [4.69, 9.17) is 0 Å². The van der Waals surface area contributed by atoms with Crippen molar-refractivity contribution in [3.63, 3.8) is 0 Å². The number of benzene rings is 1. The van der Waals surface area contributed by atoms with Gasteiger partial charge in [0.25, 0.3) is 0 Å². The fourth-order valence-corrected chi connectivity index (χ4v) is 2.73. The van der Waals surface area contributed by atoms with E-state index in [1.807, 2.05) is 0 Å². The van der Waals surface area contributed by atoms with Crippen LogP contribution in [0.15, 0.2) is 12.1 Å². The molecule has 0 N–H and O–H groups in total. The molecule has 0 unspecified atom stereocenters. The summed E-state index contributed by atoms with van der Waals surface area (Å²) in [6.45, 7) is 6.73. The third kappa shape index (κ3) is 1.61. The molecular weight excluding hydrogens is 160 g/mol. The first-order chi connectivity index (χ1) is 5.70. The second-order valence-corrected chi connectivity index (χ2v) is 4.44. The van der Waals surface area contributed by atoms with Crippen LogP contribution < -0.4 is 5.19 Å². The molecule has 0 aliphatic heterocycles. The quantitative estimate of drug-likeness (QED) is 0.595. The van der Waals surface area contributed by atoms with E-state index in [0.29, 0.717) is 0 Å². The molecule has 0 heterocycles. The van der Waals surface area contributed by atoms with Gasteiger partial charge in [-0.2, -0.15) is 0 Å². The average Bonchev–Trinajstić information content (AvgIpc) is 2.08. The molecule has 1 aromatic rings. The van der Waals surface area contributed by atoms with Crippen LogP contribution in [0.1, 0.15) is 30.5 Å². The zero-order valence-electron chi connectivity index (χ0n) is 8.57. The predicted octanol–water partition coefficient (Wildman–Crippen LogP) is 1.11. The monoisotopic (exact) mass is 178 g/mol. The SMILES string of the molecule is CCc1c(C)ccc([SiH3])c1CC. The maximum absolute atomic E-state index is 2.29. The first-order valence-corrected chi connectivity index (χ1v) is 5.78. The van der Waals surface area contributed by atoms with Gasteiger partial charge in [-0.05, 0) is 36.5 Å². The molecule has 0 radical (unpaired) electrons. The van der Waals surface area contributed by atoms with Crippen LogP contribution in [0.2, 0.25) is 0 Å². The molecule has 0 saturated carbocycles. The van der Waals surface area contributed by atoms with Gasteiger partial charge in [-0.1, -0.05) is 31.2 Å². The second kappa shape index (κ2) is 3.90. The Kier molecular flexibility index (Phi) is 3.10. The highest BCUT2D eigenvalue weighted by Gasteiger charge is 2.04. The predicted molar refractivity (Wildman–Crippen MR) is 59.5 cm³/mol. The lowest BCUT2D eigenvalue weighted by molar-refractivity contribution is 1.03. The van der Waals surface area contributed by atoms with Crippen LogP contribution in [0.4, 0.5) is 0 Å². The third-order valence-corrected chi connectivity index (χ3v) is 3.54. The van der Waals surface area contributed by atoms with Crippen LogP contribution in [-0.2, 0) is 12.8 Å². The van der Waals surface area contributed by atoms with Crippen molar-refractivity contribution in [2.24, 2.45) is 0 Å². The topological polar surface area (TPSA) is 0 Å². The van der Waals surface area contributed by atoms with Gasteiger partial charge in [0.1, 0.15) is 0 Å². The van der Waals surface area contributed by atoms with Crippen LogP contribution in [0, 0.1) is 6.92 Å². The molecule has 0 saturated heterocycles. The Bertz CT molecular complexity index is 248. The Morgan fingerprint density at radius 2 is 1.67 bits per heavy atom. The highest BCUT2D eigenvalue weighted by molar-refractivity contribution is 6.33. The smallest absolute Gasteiger partial charge is 0.0388 e. The van der Waals surface area contributed by atoms with Gasteiger partial charge < -0.3 is 0 Å². The summed E-state index contributed by atoms with van der Waals surface area (Å²) >= 11 is 0. The molecule has 1 heteroatoms. The standard InChI is InChI=1S/C11H18Si/c1-4-9-8(3)6-7-11(12)10(9)5-2/h6-7H,4-5H2,1-3,12H3. The molecule has 0 fully saturated rings. The normalized spacial score (nSPS) is 10.6. The zero-order chi connectivity index (χ0) is 9.14. The maximum atomic E-state index is 2.29. The molecule has 0 aliphatic rings. The highest BCUT2D eigenvalue weighted by atomic mass is 28.1. The van der Waals surface area contributed by atoms with Crippen molar-refractivity contribution in [1.82, 2.24) is 0 Å². The van der Waals surface area contributed by atoms with Crippen LogP contribution in [0.5, 0.6) is 0 Å². The lowest BCUT2D eigenvalue weighted by Gasteiger charge is -2.12. The van der Waals surface area contributed by atoms with Gasteiger partial charge in [0.05, 0.1) is 0 Å². The summed E-state index contributed by atoms with van der Waals surface area (Å²) in [5, 5.41) is 1.58. The summed E-state index contributed by atoms with van der Waals surface area (Å²) in [6.07, 6.45) is 2.38. The van der Waals surface area contributed by atoms with Gasteiger partial charge in [0, 0.05) is 10.2 Å². The van der Waals surface area contributed by atoms with E-state index in [1.54, 1.807) is 16.3 Å². The zero-order valence-corrected chi connectivity index (χ0v) is 10.6. The summed E-state index contributed by atoms with van der Waals surface area (Å²) in [4.78, 5) is 0. The van der Waals surface area contributed by atoms with Crippen molar-refractivity contribution in [3.8, 4) is 0 Å². The lowest BCUT2D eigenvalue weighted by atomic mass is 9.98. The number of rotatable bonds is 2. The molecule has 0 bridgehead atoms. The Morgan fingerprint density at radius 1 is 1.08 bits per heavy atom. The van der Waals surface area contributed by atoms with E-state index >= 15 is 0 Å². The van der Waals surface area contributed by atoms with Crippen molar-refractivity contribution in [3.05, 3.63) is 28.8 Å². The van der Waals surface area contributed by atoms with Crippen LogP contribution in [0.25, 0.3) is 0 Å². The van der Waals surface area contributed by atoms with Gasteiger partial charge >= 0.3 is 0 Å². The Hall–Kier alpha value is -0.563. The van der Waals surface area contributed by atoms with Crippen molar-refractivity contribution < 1.29 is 0 Å². The minimum atomic E-state index is 1.19. The molecule has 0 atom stereocenters. The Labute approximate surface area is 78.4 Å². The van der Waals surface area contributed by atoms with Crippen molar-refractivity contribution in [2.75, 3.05) is 0 Å². The minimum absolute atomic E-state index is 1.19. The van der Waals surface area contributed by atoms with E-state index in [1.165, 1.54) is 28.6 Å². The first-order valence-electron chi connectivity index (χ1n) is 4.78. The van der Waals surface area contributed by atoms with E-state index < -0.39 is 0 Å². The van der Waals surface area contributed by atoms with Gasteiger partial charge in [0.2, 0.25) is 0 Å². The number of aryl methyl sites for hydroxylation is 1. The second-order valence-electron chi connectivity index (χ2n) is 3.36. The Balaban J connectivity index is 3.28. The molecular formula is C11H18Si. The summed E-state index contributed by atoms with van der Waals surface area (Å²) in [5.74, 6) is 0. The first kappa shape index (κ1) is 9.52. The fraction of sp³-hybridized carbons (Fsp3) is 0.455. The Morgan fingerprint density at radius 3 is 2.08 bits per heavy atom. The lowest BCUT2D eigenvalue weighted by Crippen LogP contribution is -2.13. The average molecular weight is 178 g/mol. The third-order valence-electron chi connectivity index (χ3n) is 2.61. The maximum Gasteiger partial charge on any atom is 0.0388 e. The molecule has 1 aromatic carbocycles. The summed E-state index contributed by atoms with van der Waals surface area (Å²) in [7, 11) is 1.19. The fourth-order valence-electron chi connectivity index (χ4n) is 1.91. The summed E-state index contributed by atoms with van der Waals surface area (Å²) < 4.78 is 0. The number of hydrogen-bond acceptors (Lipinski definition) is 0. The molecule has 0 amide bonds. The van der Waals surface area contributed by atoms with Gasteiger partial charge in [-0.3, -0.25) is 0 Å². The van der Waals surface area contributed by atoms with Crippen LogP contribution in [0.3, 0.4) is 0 Å². The van der Waals surface area contributed by atoms with Crippen molar-refractivity contribution >= 4 is 15.4 Å². The summed E-state index contributed by atoms with van der Waals surface area (Å²) in [6, 6.07) is 4.56. The molecule has 66 valence electrons. The molecule has 12 heavy (non-hydrogen) atoms. The van der Waals surface area contributed by atoms with E-state index in [-0.39, 0.29) is 0 Å². The van der Waals surface area contributed by atoms with Gasteiger partial charge in [0.15, 0.2) is 0 Å². The molecule has 1 rings (SSSR count). The van der Waals surface area contributed by atoms with Crippen LogP contribution >= 0.6 is 0 Å². The van der Waals surface area contributed by atoms with Crippen molar-refractivity contribution in [2.45, 2.75) is 33.6 Å². The van der Waals surface area contributed by atoms with Gasteiger partial charge in [-0.15, -0.1) is 0 Å². The van der Waals surface area contributed by atoms with Gasteiger partial charge in [-0.25, -0.2) is 0 Å². The van der Waals surface area contributed by atoms with Crippen LogP contribution in [-0.4, -0.2) is 10.2 Å². The molecule has 0 spiro atoms. The van der Waals surface area contributed by atoms with E-state index in [9.17, 15) is 0 Å².